The molecule has 0 saturated carbocycles. The average molecular weight is 428 g/mol. The predicted octanol–water partition coefficient (Wildman–Crippen LogP) is 4.09. The molecule has 2 aromatic rings. The van der Waals surface area contributed by atoms with Crippen LogP contribution in [0, 0.1) is 5.82 Å². The number of halogens is 1. The molecular formula is C24H30FN3O3. The van der Waals surface area contributed by atoms with Crippen LogP contribution in [-0.2, 0) is 10.3 Å². The van der Waals surface area contributed by atoms with Crippen LogP contribution in [0.5, 0.6) is 0 Å². The summed E-state index contributed by atoms with van der Waals surface area (Å²) >= 11 is 0. The lowest BCUT2D eigenvalue weighted by Crippen LogP contribution is -2.57. The quantitative estimate of drug-likeness (QED) is 0.779. The fourth-order valence-corrected chi connectivity index (χ4v) is 4.88. The molecule has 4 rings (SSSR count). The SMILES string of the molecule is CC(C)(O)CC1(c2ccccc2)CCN(C2CCCN(c3ncccc3F)C2)C(=O)O1. The number of ether oxygens (including phenoxy) is 1. The molecule has 2 atom stereocenters. The Morgan fingerprint density at radius 2 is 2.00 bits per heavy atom. The van der Waals surface area contributed by atoms with Crippen LogP contribution in [0.1, 0.15) is 45.1 Å². The van der Waals surface area contributed by atoms with Gasteiger partial charge in [-0.2, -0.15) is 0 Å². The van der Waals surface area contributed by atoms with Gasteiger partial charge in [-0.05, 0) is 44.4 Å². The van der Waals surface area contributed by atoms with E-state index < -0.39 is 11.2 Å². The molecule has 1 N–H and O–H groups in total. The number of hydrogen-bond acceptors (Lipinski definition) is 5. The summed E-state index contributed by atoms with van der Waals surface area (Å²) in [5.74, 6) is -0.0177. The topological polar surface area (TPSA) is 65.9 Å². The molecule has 3 heterocycles. The number of rotatable bonds is 5. The van der Waals surface area contributed by atoms with Gasteiger partial charge in [-0.25, -0.2) is 14.2 Å². The molecule has 0 spiro atoms. The Bertz CT molecular complexity index is 918. The van der Waals surface area contributed by atoms with Crippen molar-refractivity contribution in [2.75, 3.05) is 24.5 Å². The second-order valence-electron chi connectivity index (χ2n) is 9.21. The van der Waals surface area contributed by atoms with Gasteiger partial charge in [-0.1, -0.05) is 30.3 Å². The lowest BCUT2D eigenvalue weighted by molar-refractivity contribution is -0.102. The second kappa shape index (κ2) is 8.46. The molecule has 166 valence electrons. The third-order valence-corrected chi connectivity index (χ3v) is 6.17. The van der Waals surface area contributed by atoms with Crippen molar-refractivity contribution >= 4 is 11.9 Å². The van der Waals surface area contributed by atoms with Gasteiger partial charge >= 0.3 is 6.09 Å². The monoisotopic (exact) mass is 427 g/mol. The number of aromatic nitrogens is 1. The number of pyridine rings is 1. The maximum atomic E-state index is 14.2. The molecule has 7 heteroatoms. The zero-order valence-corrected chi connectivity index (χ0v) is 18.1. The number of aliphatic hydroxyl groups is 1. The molecule has 1 amide bonds. The summed E-state index contributed by atoms with van der Waals surface area (Å²) in [6, 6.07) is 12.6. The normalized spacial score (nSPS) is 24.8. The van der Waals surface area contributed by atoms with E-state index in [0.717, 1.165) is 18.4 Å². The molecule has 6 nitrogen and oxygen atoms in total. The summed E-state index contributed by atoms with van der Waals surface area (Å²) in [5, 5.41) is 10.5. The van der Waals surface area contributed by atoms with E-state index in [1.54, 1.807) is 31.0 Å². The first-order valence-electron chi connectivity index (χ1n) is 10.9. The number of carbonyl (C=O) groups is 1. The lowest BCUT2D eigenvalue weighted by Gasteiger charge is -2.47. The van der Waals surface area contributed by atoms with E-state index in [0.29, 0.717) is 38.3 Å². The predicted molar refractivity (Wildman–Crippen MR) is 116 cm³/mol. The Hall–Kier alpha value is -2.67. The van der Waals surface area contributed by atoms with Crippen molar-refractivity contribution in [3.05, 3.63) is 60.0 Å². The molecule has 2 saturated heterocycles. The highest BCUT2D eigenvalue weighted by Gasteiger charge is 2.47. The lowest BCUT2D eigenvalue weighted by atomic mass is 9.80. The Morgan fingerprint density at radius 3 is 2.68 bits per heavy atom. The number of anilines is 1. The summed E-state index contributed by atoms with van der Waals surface area (Å²) in [4.78, 5) is 21.1. The smallest absolute Gasteiger partial charge is 0.410 e. The molecule has 2 fully saturated rings. The fraction of sp³-hybridized carbons (Fsp3) is 0.500. The standard InChI is InChI=1S/C24H30FN3O3/c1-23(2,30)17-24(18-8-4-3-5-9-18)12-15-28(22(29)31-24)19-10-7-14-27(16-19)21-20(25)11-6-13-26-21/h3-6,8-9,11,13,19,30H,7,10,12,14-17H2,1-2H3. The molecule has 0 radical (unpaired) electrons. The molecule has 1 aromatic heterocycles. The summed E-state index contributed by atoms with van der Waals surface area (Å²) in [7, 11) is 0. The Morgan fingerprint density at radius 1 is 1.23 bits per heavy atom. The van der Waals surface area contributed by atoms with Crippen LogP contribution < -0.4 is 4.90 Å². The molecular weight excluding hydrogens is 397 g/mol. The number of nitrogens with zero attached hydrogens (tertiary/aromatic N) is 3. The second-order valence-corrected chi connectivity index (χ2v) is 9.21. The van der Waals surface area contributed by atoms with Gasteiger partial charge in [0.2, 0.25) is 0 Å². The highest BCUT2D eigenvalue weighted by atomic mass is 19.1. The molecule has 0 bridgehead atoms. The Kier molecular flexibility index (Phi) is 5.88. The fourth-order valence-electron chi connectivity index (χ4n) is 4.88. The van der Waals surface area contributed by atoms with E-state index in [2.05, 4.69) is 4.98 Å². The highest BCUT2D eigenvalue weighted by Crippen LogP contribution is 2.41. The van der Waals surface area contributed by atoms with Crippen molar-refractivity contribution in [3.8, 4) is 0 Å². The Balaban J connectivity index is 1.53. The average Bonchev–Trinajstić information content (AvgIpc) is 2.74. The van der Waals surface area contributed by atoms with E-state index in [1.165, 1.54) is 6.07 Å². The van der Waals surface area contributed by atoms with E-state index in [9.17, 15) is 14.3 Å². The first-order chi connectivity index (χ1) is 14.8. The van der Waals surface area contributed by atoms with Gasteiger partial charge in [-0.15, -0.1) is 0 Å². The number of hydrogen-bond donors (Lipinski definition) is 1. The van der Waals surface area contributed by atoms with Gasteiger partial charge in [0.05, 0.1) is 11.6 Å². The van der Waals surface area contributed by atoms with E-state index in [-0.39, 0.29) is 18.0 Å². The van der Waals surface area contributed by atoms with Crippen molar-refractivity contribution < 1.29 is 19.0 Å². The van der Waals surface area contributed by atoms with Crippen LogP contribution in [0.2, 0.25) is 0 Å². The summed E-state index contributed by atoms with van der Waals surface area (Å²) in [6.07, 6.45) is 3.79. The summed E-state index contributed by atoms with van der Waals surface area (Å²) < 4.78 is 20.3. The molecule has 2 unspecified atom stereocenters. The maximum absolute atomic E-state index is 14.2. The number of carbonyl (C=O) groups excluding carboxylic acids is 1. The van der Waals surface area contributed by atoms with Crippen LogP contribution in [0.15, 0.2) is 48.7 Å². The van der Waals surface area contributed by atoms with E-state index in [1.807, 2.05) is 35.2 Å². The molecule has 1 aromatic carbocycles. The van der Waals surface area contributed by atoms with Gasteiger partial charge in [0.25, 0.3) is 0 Å². The first kappa shape index (κ1) is 21.6. The largest absolute Gasteiger partial charge is 0.438 e. The van der Waals surface area contributed by atoms with Gasteiger partial charge in [0.15, 0.2) is 11.6 Å². The zero-order valence-electron chi connectivity index (χ0n) is 18.1. The number of benzene rings is 1. The zero-order chi connectivity index (χ0) is 22.1. The summed E-state index contributed by atoms with van der Waals surface area (Å²) in [5.41, 5.74) is -0.962. The third kappa shape index (κ3) is 4.66. The van der Waals surface area contributed by atoms with Crippen LogP contribution >= 0.6 is 0 Å². The van der Waals surface area contributed by atoms with Gasteiger partial charge in [-0.3, -0.25) is 0 Å². The molecule has 2 aliphatic rings. The van der Waals surface area contributed by atoms with Crippen LogP contribution in [0.4, 0.5) is 15.0 Å². The first-order valence-corrected chi connectivity index (χ1v) is 10.9. The van der Waals surface area contributed by atoms with Gasteiger partial charge in [0.1, 0.15) is 5.60 Å². The minimum atomic E-state index is -0.990. The van der Waals surface area contributed by atoms with Gasteiger partial charge in [0, 0.05) is 38.7 Å². The van der Waals surface area contributed by atoms with Gasteiger partial charge < -0.3 is 19.6 Å². The minimum Gasteiger partial charge on any atom is -0.438 e. The van der Waals surface area contributed by atoms with Crippen LogP contribution in [0.25, 0.3) is 0 Å². The van der Waals surface area contributed by atoms with Crippen molar-refractivity contribution in [1.82, 2.24) is 9.88 Å². The van der Waals surface area contributed by atoms with Crippen molar-refractivity contribution in [2.45, 2.75) is 56.8 Å². The molecule has 2 aliphatic heterocycles. The van der Waals surface area contributed by atoms with Crippen molar-refractivity contribution in [3.63, 3.8) is 0 Å². The molecule has 31 heavy (non-hydrogen) atoms. The highest BCUT2D eigenvalue weighted by molar-refractivity contribution is 5.70. The van der Waals surface area contributed by atoms with Crippen molar-refractivity contribution in [2.24, 2.45) is 0 Å². The third-order valence-electron chi connectivity index (χ3n) is 6.17. The number of amides is 1. The Labute approximate surface area is 182 Å². The van der Waals surface area contributed by atoms with E-state index in [4.69, 9.17) is 4.74 Å². The van der Waals surface area contributed by atoms with Crippen LogP contribution in [-0.4, -0.2) is 52.4 Å². The van der Waals surface area contributed by atoms with Crippen LogP contribution in [0.3, 0.4) is 0 Å². The maximum Gasteiger partial charge on any atom is 0.410 e. The minimum absolute atomic E-state index is 0.0708. The summed E-state index contributed by atoms with van der Waals surface area (Å²) in [6.45, 7) is 5.22. The number of cyclic esters (lactones) is 1. The van der Waals surface area contributed by atoms with E-state index >= 15 is 0 Å². The molecule has 0 aliphatic carbocycles. The number of piperidine rings is 1. The van der Waals surface area contributed by atoms with Crippen molar-refractivity contribution in [1.29, 1.82) is 0 Å².